The first kappa shape index (κ1) is 22.8. The minimum atomic E-state index is -4.92. The number of ether oxygens (including phenoxy) is 1. The van der Waals surface area contributed by atoms with Gasteiger partial charge in [-0.25, -0.2) is 9.18 Å². The van der Waals surface area contributed by atoms with Crippen molar-refractivity contribution in [2.75, 3.05) is 6.61 Å². The normalized spacial score (nSPS) is 12.8. The third-order valence-electron chi connectivity index (χ3n) is 4.16. The molecule has 0 bridgehead atoms. The molecule has 0 saturated heterocycles. The molecule has 0 amide bonds. The Hall–Kier alpha value is -2.92. The van der Waals surface area contributed by atoms with Crippen molar-refractivity contribution in [3.8, 4) is 22.6 Å². The lowest BCUT2D eigenvalue weighted by atomic mass is 10.0. The predicted molar refractivity (Wildman–Crippen MR) is 101 cm³/mol. The Bertz CT molecular complexity index is 1090. The number of aliphatic hydroxyl groups is 1. The molecular weight excluding hydrogens is 446 g/mol. The highest BCUT2D eigenvalue weighted by Crippen LogP contribution is 2.42. The molecule has 3 aromatic rings. The van der Waals surface area contributed by atoms with Crippen LogP contribution in [0.3, 0.4) is 0 Å². The molecule has 2 aromatic heterocycles. The van der Waals surface area contributed by atoms with E-state index >= 15 is 0 Å². The van der Waals surface area contributed by atoms with E-state index in [0.717, 1.165) is 12.3 Å². The van der Waals surface area contributed by atoms with Gasteiger partial charge in [0, 0.05) is 0 Å². The van der Waals surface area contributed by atoms with Crippen molar-refractivity contribution in [3.05, 3.63) is 46.5 Å². The number of carbonyl (C=O) groups excluding carboxylic acids is 1. The SMILES string of the molecule is CCOC(=O)c1c(-c2c(F)cccc2Cl)noc1-c1cnn(C[C@H](C)O)c1C(F)(F)F. The van der Waals surface area contributed by atoms with Crippen LogP contribution in [0.1, 0.15) is 29.9 Å². The highest BCUT2D eigenvalue weighted by atomic mass is 35.5. The summed E-state index contributed by atoms with van der Waals surface area (Å²) in [6, 6.07) is 3.69. The minimum Gasteiger partial charge on any atom is -0.462 e. The van der Waals surface area contributed by atoms with E-state index in [4.69, 9.17) is 20.9 Å². The molecule has 0 aliphatic carbocycles. The van der Waals surface area contributed by atoms with E-state index in [2.05, 4.69) is 10.3 Å². The molecule has 0 aliphatic heterocycles. The Morgan fingerprint density at radius 3 is 2.68 bits per heavy atom. The molecule has 7 nitrogen and oxygen atoms in total. The number of rotatable bonds is 6. The van der Waals surface area contributed by atoms with Gasteiger partial charge >= 0.3 is 12.1 Å². The summed E-state index contributed by atoms with van der Waals surface area (Å²) in [5.41, 5.74) is -3.17. The van der Waals surface area contributed by atoms with Gasteiger partial charge in [0.25, 0.3) is 0 Å². The van der Waals surface area contributed by atoms with Gasteiger partial charge in [-0.3, -0.25) is 4.68 Å². The molecule has 2 heterocycles. The quantitative estimate of drug-likeness (QED) is 0.427. The third-order valence-corrected chi connectivity index (χ3v) is 4.48. The largest absolute Gasteiger partial charge is 0.462 e. The fraction of sp³-hybridized carbons (Fsp3) is 0.316. The van der Waals surface area contributed by atoms with Gasteiger partial charge < -0.3 is 14.4 Å². The summed E-state index contributed by atoms with van der Waals surface area (Å²) in [6.07, 6.45) is -5.24. The number of esters is 1. The first-order chi connectivity index (χ1) is 14.6. The first-order valence-electron chi connectivity index (χ1n) is 8.98. The molecule has 0 spiro atoms. The Labute approximate surface area is 178 Å². The molecule has 166 valence electrons. The number of carbonyl (C=O) groups is 1. The lowest BCUT2D eigenvalue weighted by Gasteiger charge is -2.13. The van der Waals surface area contributed by atoms with E-state index < -0.39 is 58.9 Å². The second kappa shape index (κ2) is 8.67. The number of alkyl halides is 3. The van der Waals surface area contributed by atoms with Crippen LogP contribution in [0.15, 0.2) is 28.9 Å². The standard InChI is InChI=1S/C19H16ClF4N3O4/c1-3-30-18(29)14-15(13-11(20)5-4-6-12(13)21)26-31-16(14)10-7-25-27(8-9(2)28)17(10)19(22,23)24/h4-7,9,28H,3,8H2,1-2H3/t9-/m0/s1. The topological polar surface area (TPSA) is 90.4 Å². The zero-order valence-corrected chi connectivity index (χ0v) is 17.0. The summed E-state index contributed by atoms with van der Waals surface area (Å²) in [7, 11) is 0. The zero-order valence-electron chi connectivity index (χ0n) is 16.2. The summed E-state index contributed by atoms with van der Waals surface area (Å²) in [5.74, 6) is -2.56. The number of aromatic nitrogens is 3. The molecule has 0 aliphatic rings. The molecule has 31 heavy (non-hydrogen) atoms. The summed E-state index contributed by atoms with van der Waals surface area (Å²) < 4.78 is 66.4. The lowest BCUT2D eigenvalue weighted by molar-refractivity contribution is -0.144. The number of hydrogen-bond donors (Lipinski definition) is 1. The van der Waals surface area contributed by atoms with Gasteiger partial charge in [0.15, 0.2) is 11.5 Å². The van der Waals surface area contributed by atoms with Crippen LogP contribution in [0.4, 0.5) is 17.6 Å². The summed E-state index contributed by atoms with van der Waals surface area (Å²) in [4.78, 5) is 12.6. The van der Waals surface area contributed by atoms with Crippen LogP contribution in [0.2, 0.25) is 5.02 Å². The Morgan fingerprint density at radius 1 is 1.39 bits per heavy atom. The van der Waals surface area contributed by atoms with E-state index in [1.54, 1.807) is 0 Å². The van der Waals surface area contributed by atoms with Crippen molar-refractivity contribution in [3.63, 3.8) is 0 Å². The van der Waals surface area contributed by atoms with Crippen LogP contribution >= 0.6 is 11.6 Å². The average molecular weight is 462 g/mol. The summed E-state index contributed by atoms with van der Waals surface area (Å²) in [6.45, 7) is 2.20. The number of benzene rings is 1. The fourth-order valence-corrected chi connectivity index (χ4v) is 3.25. The molecule has 3 rings (SSSR count). The van der Waals surface area contributed by atoms with Crippen LogP contribution in [-0.4, -0.2) is 38.7 Å². The molecule has 0 unspecified atom stereocenters. The molecule has 0 radical (unpaired) electrons. The molecule has 1 atom stereocenters. The van der Waals surface area contributed by atoms with Crippen molar-refractivity contribution in [2.45, 2.75) is 32.7 Å². The Balaban J connectivity index is 2.30. The zero-order chi connectivity index (χ0) is 22.9. The van der Waals surface area contributed by atoms with Crippen molar-refractivity contribution < 1.29 is 36.7 Å². The van der Waals surface area contributed by atoms with Crippen LogP contribution < -0.4 is 0 Å². The second-order valence-corrected chi connectivity index (χ2v) is 6.90. The van der Waals surface area contributed by atoms with Crippen molar-refractivity contribution >= 4 is 17.6 Å². The number of aliphatic hydroxyl groups excluding tert-OH is 1. The van der Waals surface area contributed by atoms with Gasteiger partial charge in [0.1, 0.15) is 17.1 Å². The van der Waals surface area contributed by atoms with Gasteiger partial charge in [0.2, 0.25) is 0 Å². The maximum atomic E-state index is 14.5. The molecular formula is C19H16ClF4N3O4. The van der Waals surface area contributed by atoms with E-state index in [9.17, 15) is 27.5 Å². The van der Waals surface area contributed by atoms with Gasteiger partial charge in [-0.05, 0) is 26.0 Å². The van der Waals surface area contributed by atoms with E-state index in [-0.39, 0.29) is 17.2 Å². The molecule has 1 aromatic carbocycles. The monoisotopic (exact) mass is 461 g/mol. The number of halogens is 5. The molecule has 0 saturated carbocycles. The maximum absolute atomic E-state index is 14.5. The predicted octanol–water partition coefficient (Wildman–Crippen LogP) is 4.57. The smallest absolute Gasteiger partial charge is 0.433 e. The summed E-state index contributed by atoms with van der Waals surface area (Å²) >= 11 is 6.04. The first-order valence-corrected chi connectivity index (χ1v) is 9.36. The maximum Gasteiger partial charge on any atom is 0.433 e. The van der Waals surface area contributed by atoms with Crippen LogP contribution in [-0.2, 0) is 17.5 Å². The molecule has 1 N–H and O–H groups in total. The fourth-order valence-electron chi connectivity index (χ4n) is 3.00. The number of hydrogen-bond acceptors (Lipinski definition) is 6. The molecule has 12 heteroatoms. The highest BCUT2D eigenvalue weighted by molar-refractivity contribution is 6.33. The van der Waals surface area contributed by atoms with Gasteiger partial charge in [0.05, 0.1) is 41.6 Å². The lowest BCUT2D eigenvalue weighted by Crippen LogP contribution is -2.21. The van der Waals surface area contributed by atoms with Crippen LogP contribution in [0.5, 0.6) is 0 Å². The van der Waals surface area contributed by atoms with Crippen molar-refractivity contribution in [2.24, 2.45) is 0 Å². The van der Waals surface area contributed by atoms with Crippen LogP contribution in [0.25, 0.3) is 22.6 Å². The highest BCUT2D eigenvalue weighted by Gasteiger charge is 2.42. The Morgan fingerprint density at radius 2 is 2.10 bits per heavy atom. The minimum absolute atomic E-state index is 0.110. The van der Waals surface area contributed by atoms with E-state index in [1.165, 1.54) is 26.0 Å². The van der Waals surface area contributed by atoms with E-state index in [0.29, 0.717) is 4.68 Å². The van der Waals surface area contributed by atoms with Crippen LogP contribution in [0, 0.1) is 5.82 Å². The summed E-state index contributed by atoms with van der Waals surface area (Å²) in [5, 5.41) is 16.7. The van der Waals surface area contributed by atoms with Crippen molar-refractivity contribution in [1.82, 2.24) is 14.9 Å². The van der Waals surface area contributed by atoms with Gasteiger partial charge in [-0.15, -0.1) is 0 Å². The number of nitrogens with zero attached hydrogens (tertiary/aromatic N) is 3. The average Bonchev–Trinajstić information content (AvgIpc) is 3.25. The van der Waals surface area contributed by atoms with Gasteiger partial charge in [-0.1, -0.05) is 22.8 Å². The van der Waals surface area contributed by atoms with E-state index in [1.807, 2.05) is 0 Å². The van der Waals surface area contributed by atoms with Crippen molar-refractivity contribution in [1.29, 1.82) is 0 Å². The Kier molecular flexibility index (Phi) is 6.37. The van der Waals surface area contributed by atoms with Gasteiger partial charge in [-0.2, -0.15) is 18.3 Å². The second-order valence-electron chi connectivity index (χ2n) is 6.49. The third kappa shape index (κ3) is 4.42. The molecule has 0 fully saturated rings.